The number of Topliss-reactive ketones (excluding diaryl/α,β-unsaturated/α-hetero) is 1. The molecule has 1 N–H and O–H groups in total. The second-order valence-electron chi connectivity index (χ2n) is 10.4. The van der Waals surface area contributed by atoms with Crippen molar-refractivity contribution in [1.29, 1.82) is 0 Å². The van der Waals surface area contributed by atoms with Crippen LogP contribution in [0.4, 0.5) is 0 Å². The highest BCUT2D eigenvalue weighted by Gasteiger charge is 2.46. The number of hydrogen-bond donors (Lipinski definition) is 1. The molecular formula is C33H36N2O6. The van der Waals surface area contributed by atoms with Crippen molar-refractivity contribution in [1.82, 2.24) is 9.88 Å². The van der Waals surface area contributed by atoms with Gasteiger partial charge in [-0.15, -0.1) is 0 Å². The number of rotatable bonds is 11. The molecule has 0 unspecified atom stereocenters. The SMILES string of the molecule is CCCCCOc1ccc([C@@H]2C(=C(O)c3ccc4c(c3)C[C@H](C)O4)C(=O)C(=O)N2Cc2ccncc2)cc1OCC. The number of nitrogens with zero attached hydrogens (tertiary/aromatic N) is 2. The monoisotopic (exact) mass is 556 g/mol. The topological polar surface area (TPSA) is 98.2 Å². The van der Waals surface area contributed by atoms with Crippen molar-refractivity contribution in [2.45, 2.75) is 65.1 Å². The number of benzene rings is 2. The summed E-state index contributed by atoms with van der Waals surface area (Å²) in [5.74, 6) is 0.268. The van der Waals surface area contributed by atoms with Crippen LogP contribution in [-0.2, 0) is 22.6 Å². The molecule has 8 heteroatoms. The molecule has 0 radical (unpaired) electrons. The standard InChI is InChI=1S/C33H36N2O6/c1-4-6-7-16-40-27-11-8-23(19-28(27)39-5-2)30-29(31(36)24-9-10-26-25(18-24)17-21(3)41-26)32(37)33(38)35(30)20-22-12-14-34-15-13-22/h8-15,18-19,21,30,36H,4-7,16-17,20H2,1-3H3/t21-,30+/m0/s1. The number of ketones is 1. The molecular weight excluding hydrogens is 520 g/mol. The van der Waals surface area contributed by atoms with E-state index >= 15 is 0 Å². The summed E-state index contributed by atoms with van der Waals surface area (Å²) < 4.78 is 17.8. The number of hydrogen-bond acceptors (Lipinski definition) is 7. The molecule has 2 aliphatic rings. The molecule has 3 heterocycles. The van der Waals surface area contributed by atoms with E-state index < -0.39 is 17.7 Å². The highest BCUT2D eigenvalue weighted by molar-refractivity contribution is 6.46. The Morgan fingerprint density at radius 3 is 2.59 bits per heavy atom. The molecule has 3 aromatic rings. The Bertz CT molecular complexity index is 1450. The van der Waals surface area contributed by atoms with Gasteiger partial charge in [-0.25, -0.2) is 0 Å². The van der Waals surface area contributed by atoms with Crippen LogP contribution in [0.3, 0.4) is 0 Å². The van der Waals surface area contributed by atoms with Crippen LogP contribution >= 0.6 is 0 Å². The lowest BCUT2D eigenvalue weighted by Gasteiger charge is -2.26. The Morgan fingerprint density at radius 1 is 1.02 bits per heavy atom. The lowest BCUT2D eigenvalue weighted by Crippen LogP contribution is -2.29. The Labute approximate surface area is 240 Å². The number of likely N-dealkylation sites (tertiary alicyclic amines) is 1. The molecule has 8 nitrogen and oxygen atoms in total. The van der Waals surface area contributed by atoms with Crippen LogP contribution in [-0.4, -0.2) is 46.0 Å². The van der Waals surface area contributed by atoms with Crippen molar-refractivity contribution in [2.75, 3.05) is 13.2 Å². The summed E-state index contributed by atoms with van der Waals surface area (Å²) in [7, 11) is 0. The minimum Gasteiger partial charge on any atom is -0.507 e. The molecule has 5 rings (SSSR count). The Kier molecular flexibility index (Phi) is 8.57. The molecule has 1 amide bonds. The maximum atomic E-state index is 13.6. The summed E-state index contributed by atoms with van der Waals surface area (Å²) >= 11 is 0. The lowest BCUT2D eigenvalue weighted by atomic mass is 9.94. The molecule has 1 aromatic heterocycles. The van der Waals surface area contributed by atoms with Crippen LogP contribution in [0.5, 0.6) is 17.2 Å². The maximum Gasteiger partial charge on any atom is 0.295 e. The molecule has 2 aliphatic heterocycles. The van der Waals surface area contributed by atoms with Crippen LogP contribution in [0.15, 0.2) is 66.5 Å². The molecule has 0 bridgehead atoms. The Balaban J connectivity index is 1.59. The summed E-state index contributed by atoms with van der Waals surface area (Å²) in [4.78, 5) is 32.6. The zero-order valence-corrected chi connectivity index (χ0v) is 23.8. The van der Waals surface area contributed by atoms with E-state index in [0.29, 0.717) is 42.3 Å². The molecule has 214 valence electrons. The van der Waals surface area contributed by atoms with Crippen LogP contribution < -0.4 is 14.2 Å². The lowest BCUT2D eigenvalue weighted by molar-refractivity contribution is -0.140. The predicted molar refractivity (Wildman–Crippen MR) is 155 cm³/mol. The Hall–Kier alpha value is -4.33. The highest BCUT2D eigenvalue weighted by Crippen LogP contribution is 2.43. The molecule has 41 heavy (non-hydrogen) atoms. The average Bonchev–Trinajstić information content (AvgIpc) is 3.47. The van der Waals surface area contributed by atoms with Gasteiger partial charge in [0.15, 0.2) is 11.5 Å². The first-order chi connectivity index (χ1) is 19.9. The predicted octanol–water partition coefficient (Wildman–Crippen LogP) is 5.99. The van der Waals surface area contributed by atoms with Gasteiger partial charge in [0, 0.05) is 30.9 Å². The fraction of sp³-hybridized carbons (Fsp3) is 0.364. The van der Waals surface area contributed by atoms with E-state index in [1.54, 1.807) is 42.7 Å². The molecule has 1 fully saturated rings. The number of aromatic nitrogens is 1. The van der Waals surface area contributed by atoms with Gasteiger partial charge in [0.25, 0.3) is 11.7 Å². The fourth-order valence-corrected chi connectivity index (χ4v) is 5.42. The van der Waals surface area contributed by atoms with Crippen molar-refractivity contribution < 1.29 is 28.9 Å². The molecule has 0 saturated carbocycles. The van der Waals surface area contributed by atoms with Gasteiger partial charge in [0.1, 0.15) is 17.6 Å². The Morgan fingerprint density at radius 2 is 1.83 bits per heavy atom. The van der Waals surface area contributed by atoms with Crippen LogP contribution in [0.1, 0.15) is 68.3 Å². The number of carbonyl (C=O) groups excluding carboxylic acids is 2. The minimum absolute atomic E-state index is 0.0352. The average molecular weight is 557 g/mol. The van der Waals surface area contributed by atoms with E-state index in [1.165, 1.54) is 4.90 Å². The molecule has 0 aliphatic carbocycles. The van der Waals surface area contributed by atoms with Gasteiger partial charge < -0.3 is 24.2 Å². The summed E-state index contributed by atoms with van der Waals surface area (Å²) in [5, 5.41) is 11.6. The molecule has 2 atom stereocenters. The summed E-state index contributed by atoms with van der Waals surface area (Å²) in [6, 6.07) is 13.6. The van der Waals surface area contributed by atoms with Gasteiger partial charge in [-0.1, -0.05) is 25.8 Å². The largest absolute Gasteiger partial charge is 0.507 e. The van der Waals surface area contributed by atoms with Crippen LogP contribution in [0.25, 0.3) is 5.76 Å². The first kappa shape index (κ1) is 28.2. The number of aliphatic hydroxyl groups excluding tert-OH is 1. The van der Waals surface area contributed by atoms with E-state index in [9.17, 15) is 14.7 Å². The third kappa shape index (κ3) is 5.92. The second kappa shape index (κ2) is 12.5. The van der Waals surface area contributed by atoms with E-state index in [-0.39, 0.29) is 24.0 Å². The fourth-order valence-electron chi connectivity index (χ4n) is 5.42. The quantitative estimate of drug-likeness (QED) is 0.134. The van der Waals surface area contributed by atoms with Gasteiger partial charge in [-0.3, -0.25) is 14.6 Å². The van der Waals surface area contributed by atoms with Crippen molar-refractivity contribution >= 4 is 17.4 Å². The number of aliphatic hydroxyl groups is 1. The number of fused-ring (bicyclic) bond motifs is 1. The number of carbonyl (C=O) groups is 2. The third-order valence-electron chi connectivity index (χ3n) is 7.40. The number of pyridine rings is 1. The van der Waals surface area contributed by atoms with E-state index in [0.717, 1.165) is 36.1 Å². The number of amides is 1. The first-order valence-corrected chi connectivity index (χ1v) is 14.3. The molecule has 1 saturated heterocycles. The van der Waals surface area contributed by atoms with Crippen LogP contribution in [0.2, 0.25) is 0 Å². The summed E-state index contributed by atoms with van der Waals surface area (Å²) in [6.07, 6.45) is 7.12. The van der Waals surface area contributed by atoms with Gasteiger partial charge in [0.05, 0.1) is 24.8 Å². The normalized spacial score (nSPS) is 19.2. The number of ether oxygens (including phenoxy) is 3. The van der Waals surface area contributed by atoms with E-state index in [1.807, 2.05) is 32.0 Å². The van der Waals surface area contributed by atoms with E-state index in [2.05, 4.69) is 11.9 Å². The van der Waals surface area contributed by atoms with Crippen molar-refractivity contribution in [3.05, 3.63) is 88.8 Å². The van der Waals surface area contributed by atoms with Gasteiger partial charge in [0.2, 0.25) is 0 Å². The first-order valence-electron chi connectivity index (χ1n) is 14.3. The second-order valence-corrected chi connectivity index (χ2v) is 10.4. The van der Waals surface area contributed by atoms with Crippen molar-refractivity contribution in [2.24, 2.45) is 0 Å². The zero-order valence-electron chi connectivity index (χ0n) is 23.8. The van der Waals surface area contributed by atoms with Gasteiger partial charge in [-0.05, 0) is 79.4 Å². The smallest absolute Gasteiger partial charge is 0.295 e. The van der Waals surface area contributed by atoms with Crippen molar-refractivity contribution in [3.63, 3.8) is 0 Å². The highest BCUT2D eigenvalue weighted by atomic mass is 16.5. The molecule has 2 aromatic carbocycles. The third-order valence-corrected chi connectivity index (χ3v) is 7.40. The number of unbranched alkanes of at least 4 members (excludes halogenated alkanes) is 2. The van der Waals surface area contributed by atoms with Gasteiger partial charge >= 0.3 is 0 Å². The van der Waals surface area contributed by atoms with Crippen molar-refractivity contribution in [3.8, 4) is 17.2 Å². The maximum absolute atomic E-state index is 13.6. The van der Waals surface area contributed by atoms with E-state index in [4.69, 9.17) is 14.2 Å². The molecule has 0 spiro atoms. The minimum atomic E-state index is -0.833. The summed E-state index contributed by atoms with van der Waals surface area (Å²) in [5.41, 5.74) is 2.91. The zero-order chi connectivity index (χ0) is 28.9. The van der Waals surface area contributed by atoms with Crippen LogP contribution in [0, 0.1) is 0 Å². The summed E-state index contributed by atoms with van der Waals surface area (Å²) in [6.45, 7) is 7.16. The van der Waals surface area contributed by atoms with Gasteiger partial charge in [-0.2, -0.15) is 0 Å².